The van der Waals surface area contributed by atoms with Gasteiger partial charge < -0.3 is 20.1 Å². The SMILES string of the molecule is COCCOC(=O)C1=C(C)NC(=S)NC1c1cn(-c2ccccc2)nc1-c1ccc(Cl)cc1. The Hall–Kier alpha value is -3.20. The molecule has 7 nitrogen and oxygen atoms in total. The largest absolute Gasteiger partial charge is 0.460 e. The van der Waals surface area contributed by atoms with Crippen molar-refractivity contribution in [3.63, 3.8) is 0 Å². The molecule has 1 atom stereocenters. The summed E-state index contributed by atoms with van der Waals surface area (Å²) in [7, 11) is 1.56. The average molecular weight is 483 g/mol. The number of carbonyl (C=O) groups excluding carboxylic acids is 1. The van der Waals surface area contributed by atoms with Gasteiger partial charge in [-0.2, -0.15) is 5.10 Å². The summed E-state index contributed by atoms with van der Waals surface area (Å²) in [6, 6.07) is 16.6. The van der Waals surface area contributed by atoms with E-state index in [1.54, 1.807) is 18.7 Å². The number of hydrogen-bond donors (Lipinski definition) is 2. The van der Waals surface area contributed by atoms with Crippen molar-refractivity contribution in [3.8, 4) is 16.9 Å². The van der Waals surface area contributed by atoms with Crippen LogP contribution in [0.2, 0.25) is 5.02 Å². The summed E-state index contributed by atoms with van der Waals surface area (Å²) >= 11 is 11.5. The highest BCUT2D eigenvalue weighted by Crippen LogP contribution is 2.35. The third kappa shape index (κ3) is 5.08. The lowest BCUT2D eigenvalue weighted by atomic mass is 9.94. The molecule has 1 aliphatic heterocycles. The monoisotopic (exact) mass is 482 g/mol. The topological polar surface area (TPSA) is 77.4 Å². The van der Waals surface area contributed by atoms with Crippen LogP contribution in [-0.4, -0.2) is 41.2 Å². The number of methoxy groups -OCH3 is 1. The van der Waals surface area contributed by atoms with Crippen molar-refractivity contribution in [1.29, 1.82) is 0 Å². The number of hydrogen-bond acceptors (Lipinski definition) is 5. The fourth-order valence-electron chi connectivity index (χ4n) is 3.64. The van der Waals surface area contributed by atoms with Gasteiger partial charge in [-0.25, -0.2) is 9.48 Å². The van der Waals surface area contributed by atoms with Gasteiger partial charge in [0.2, 0.25) is 0 Å². The Labute approximate surface area is 202 Å². The molecule has 0 saturated heterocycles. The van der Waals surface area contributed by atoms with E-state index in [0.717, 1.165) is 16.8 Å². The number of benzene rings is 2. The first kappa shape index (κ1) is 23.0. The molecule has 9 heteroatoms. The van der Waals surface area contributed by atoms with Crippen molar-refractivity contribution >= 4 is 34.9 Å². The van der Waals surface area contributed by atoms with E-state index in [0.29, 0.717) is 33.7 Å². The van der Waals surface area contributed by atoms with Crippen LogP contribution in [-0.2, 0) is 14.3 Å². The number of nitrogens with zero attached hydrogens (tertiary/aromatic N) is 2. The Morgan fingerprint density at radius 3 is 2.58 bits per heavy atom. The van der Waals surface area contributed by atoms with Crippen molar-refractivity contribution in [1.82, 2.24) is 20.4 Å². The quantitative estimate of drug-likeness (QED) is 0.297. The van der Waals surface area contributed by atoms with Crippen molar-refractivity contribution in [2.45, 2.75) is 13.0 Å². The maximum absolute atomic E-state index is 13.0. The standard InChI is InChI=1S/C24H23ClN4O3S/c1-15-20(23(30)32-13-12-31-2)22(27-24(33)26-15)19-14-29(18-6-4-3-5-7-18)28-21(19)16-8-10-17(25)11-9-16/h3-11,14,22H,12-13H2,1-2H3,(H2,26,27,33). The molecule has 0 fully saturated rings. The minimum absolute atomic E-state index is 0.149. The van der Waals surface area contributed by atoms with Gasteiger partial charge in [0.1, 0.15) is 6.61 Å². The van der Waals surface area contributed by atoms with Gasteiger partial charge in [0.25, 0.3) is 0 Å². The predicted octanol–water partition coefficient (Wildman–Crippen LogP) is 4.18. The lowest BCUT2D eigenvalue weighted by Crippen LogP contribution is -2.45. The van der Waals surface area contributed by atoms with Crippen LogP contribution in [0.5, 0.6) is 0 Å². The molecular formula is C24H23ClN4O3S. The number of aromatic nitrogens is 2. The van der Waals surface area contributed by atoms with Crippen LogP contribution in [0.4, 0.5) is 0 Å². The maximum Gasteiger partial charge on any atom is 0.338 e. The van der Waals surface area contributed by atoms with Gasteiger partial charge in [0.05, 0.1) is 29.6 Å². The van der Waals surface area contributed by atoms with E-state index in [4.69, 9.17) is 38.4 Å². The summed E-state index contributed by atoms with van der Waals surface area (Å²) in [6.07, 6.45) is 1.90. The summed E-state index contributed by atoms with van der Waals surface area (Å²) in [6.45, 7) is 2.26. The highest BCUT2D eigenvalue weighted by Gasteiger charge is 2.34. The zero-order valence-electron chi connectivity index (χ0n) is 18.2. The van der Waals surface area contributed by atoms with Crippen molar-refractivity contribution in [2.75, 3.05) is 20.3 Å². The Balaban J connectivity index is 1.83. The Morgan fingerprint density at radius 1 is 1.15 bits per heavy atom. The predicted molar refractivity (Wildman–Crippen MR) is 131 cm³/mol. The Kier molecular flexibility index (Phi) is 7.08. The molecule has 0 radical (unpaired) electrons. The van der Waals surface area contributed by atoms with Crippen LogP contribution in [0.3, 0.4) is 0 Å². The van der Waals surface area contributed by atoms with E-state index in [1.165, 1.54) is 0 Å². The minimum atomic E-state index is -0.558. The lowest BCUT2D eigenvalue weighted by molar-refractivity contribution is -0.140. The van der Waals surface area contributed by atoms with E-state index in [2.05, 4.69) is 10.6 Å². The van der Waals surface area contributed by atoms with E-state index >= 15 is 0 Å². The lowest BCUT2D eigenvalue weighted by Gasteiger charge is -2.29. The number of halogens is 1. The molecular weight excluding hydrogens is 460 g/mol. The third-order valence-electron chi connectivity index (χ3n) is 5.20. The number of ether oxygens (including phenoxy) is 2. The van der Waals surface area contributed by atoms with Crippen LogP contribution in [0.1, 0.15) is 18.5 Å². The molecule has 33 heavy (non-hydrogen) atoms. The third-order valence-corrected chi connectivity index (χ3v) is 5.67. The van der Waals surface area contributed by atoms with Crippen LogP contribution in [0, 0.1) is 0 Å². The summed E-state index contributed by atoms with van der Waals surface area (Å²) in [4.78, 5) is 13.0. The highest BCUT2D eigenvalue weighted by atomic mass is 35.5. The first-order valence-corrected chi connectivity index (χ1v) is 11.1. The van der Waals surface area contributed by atoms with Gasteiger partial charge in [0.15, 0.2) is 5.11 Å². The second kappa shape index (κ2) is 10.2. The van der Waals surface area contributed by atoms with Gasteiger partial charge in [0, 0.05) is 35.2 Å². The van der Waals surface area contributed by atoms with Crippen molar-refractivity contribution < 1.29 is 14.3 Å². The van der Waals surface area contributed by atoms with E-state index < -0.39 is 12.0 Å². The normalized spacial score (nSPS) is 15.7. The number of para-hydroxylation sites is 1. The van der Waals surface area contributed by atoms with E-state index in [9.17, 15) is 4.79 Å². The first-order valence-electron chi connectivity index (χ1n) is 10.3. The molecule has 0 amide bonds. The molecule has 1 unspecified atom stereocenters. The molecule has 2 heterocycles. The zero-order valence-corrected chi connectivity index (χ0v) is 19.7. The van der Waals surface area contributed by atoms with Gasteiger partial charge in [-0.1, -0.05) is 41.9 Å². The number of allylic oxidation sites excluding steroid dienone is 1. The zero-order chi connectivity index (χ0) is 23.4. The second-order valence-corrected chi connectivity index (χ2v) is 8.26. The summed E-state index contributed by atoms with van der Waals surface area (Å²) in [5.41, 5.74) is 4.29. The fourth-order valence-corrected chi connectivity index (χ4v) is 4.03. The molecule has 0 aliphatic carbocycles. The Bertz CT molecular complexity index is 1190. The smallest absolute Gasteiger partial charge is 0.338 e. The van der Waals surface area contributed by atoms with Gasteiger partial charge >= 0.3 is 5.97 Å². The molecule has 2 aromatic carbocycles. The molecule has 1 aliphatic rings. The summed E-state index contributed by atoms with van der Waals surface area (Å²) in [5, 5.41) is 12.1. The second-order valence-electron chi connectivity index (χ2n) is 7.42. The Morgan fingerprint density at radius 2 is 1.88 bits per heavy atom. The fraction of sp³-hybridized carbons (Fsp3) is 0.208. The van der Waals surface area contributed by atoms with Gasteiger partial charge in [-0.3, -0.25) is 0 Å². The average Bonchev–Trinajstić information content (AvgIpc) is 3.25. The summed E-state index contributed by atoms with van der Waals surface area (Å²) in [5.74, 6) is -0.452. The molecule has 0 bridgehead atoms. The molecule has 2 N–H and O–H groups in total. The van der Waals surface area contributed by atoms with Crippen molar-refractivity contribution in [2.24, 2.45) is 0 Å². The van der Waals surface area contributed by atoms with Crippen LogP contribution >= 0.6 is 23.8 Å². The van der Waals surface area contributed by atoms with E-state index in [-0.39, 0.29) is 6.61 Å². The van der Waals surface area contributed by atoms with Gasteiger partial charge in [-0.15, -0.1) is 0 Å². The minimum Gasteiger partial charge on any atom is -0.460 e. The van der Waals surface area contributed by atoms with Crippen LogP contribution < -0.4 is 10.6 Å². The number of carbonyl (C=O) groups is 1. The van der Waals surface area contributed by atoms with Gasteiger partial charge in [-0.05, 0) is 43.4 Å². The number of thiocarbonyl (C=S) groups is 1. The number of nitrogens with one attached hydrogen (secondary N) is 2. The maximum atomic E-state index is 13.0. The molecule has 1 aromatic heterocycles. The molecule has 0 spiro atoms. The highest BCUT2D eigenvalue weighted by molar-refractivity contribution is 7.80. The first-order chi connectivity index (χ1) is 16.0. The van der Waals surface area contributed by atoms with Crippen LogP contribution in [0.25, 0.3) is 16.9 Å². The number of rotatable bonds is 7. The van der Waals surface area contributed by atoms with E-state index in [1.807, 2.05) is 60.8 Å². The summed E-state index contributed by atoms with van der Waals surface area (Å²) < 4.78 is 12.2. The number of esters is 1. The molecule has 170 valence electrons. The molecule has 0 saturated carbocycles. The van der Waals surface area contributed by atoms with Crippen molar-refractivity contribution in [3.05, 3.63) is 82.7 Å². The molecule has 3 aromatic rings. The van der Waals surface area contributed by atoms with Crippen LogP contribution in [0.15, 0.2) is 72.1 Å². The molecule has 4 rings (SSSR count).